The molecule has 0 heterocycles. The number of hydrogen-bond acceptors (Lipinski definition) is 3. The average Bonchev–Trinajstić information content (AvgIpc) is 2.52. The predicted octanol–water partition coefficient (Wildman–Crippen LogP) is 4.41. The number of aryl methyl sites for hydroxylation is 5. The van der Waals surface area contributed by atoms with Crippen LogP contribution in [0.5, 0.6) is 0 Å². The molecule has 4 nitrogen and oxygen atoms in total. The number of esters is 1. The molecule has 4 heteroatoms. The van der Waals surface area contributed by atoms with Gasteiger partial charge < -0.3 is 10.1 Å². The summed E-state index contributed by atoms with van der Waals surface area (Å²) in [5.41, 5.74) is 6.17. The van der Waals surface area contributed by atoms with E-state index in [0.29, 0.717) is 5.56 Å². The largest absolute Gasteiger partial charge is 0.449 e. The lowest BCUT2D eigenvalue weighted by molar-refractivity contribution is -0.123. The number of ether oxygens (including phenoxy) is 1. The van der Waals surface area contributed by atoms with Gasteiger partial charge in [0.05, 0.1) is 5.56 Å². The summed E-state index contributed by atoms with van der Waals surface area (Å²) in [6.07, 6.45) is -0.882. The summed E-state index contributed by atoms with van der Waals surface area (Å²) in [5, 5.41) is 2.87. The van der Waals surface area contributed by atoms with Crippen LogP contribution < -0.4 is 5.32 Å². The van der Waals surface area contributed by atoms with Gasteiger partial charge in [0, 0.05) is 5.69 Å². The van der Waals surface area contributed by atoms with Crippen molar-refractivity contribution in [3.8, 4) is 0 Å². The zero-order chi connectivity index (χ0) is 18.7. The third-order valence-electron chi connectivity index (χ3n) is 4.19. The predicted molar refractivity (Wildman–Crippen MR) is 100 cm³/mol. The summed E-state index contributed by atoms with van der Waals surface area (Å²) in [6.45, 7) is 11.2. The lowest BCUT2D eigenvalue weighted by atomic mass is 10.0. The number of benzene rings is 2. The zero-order valence-electron chi connectivity index (χ0n) is 15.7. The van der Waals surface area contributed by atoms with Crippen LogP contribution in [0.4, 0.5) is 5.69 Å². The van der Waals surface area contributed by atoms with Gasteiger partial charge in [-0.2, -0.15) is 0 Å². The van der Waals surface area contributed by atoms with E-state index in [4.69, 9.17) is 4.74 Å². The summed E-state index contributed by atoms with van der Waals surface area (Å²) in [5.74, 6) is -0.824. The average molecular weight is 339 g/mol. The van der Waals surface area contributed by atoms with Gasteiger partial charge in [-0.15, -0.1) is 0 Å². The maximum absolute atomic E-state index is 12.4. The van der Waals surface area contributed by atoms with Gasteiger partial charge >= 0.3 is 5.97 Å². The molecule has 0 aromatic heterocycles. The first kappa shape index (κ1) is 18.7. The van der Waals surface area contributed by atoms with Crippen molar-refractivity contribution >= 4 is 17.6 Å². The summed E-state index contributed by atoms with van der Waals surface area (Å²) in [4.78, 5) is 24.8. The van der Waals surface area contributed by atoms with E-state index >= 15 is 0 Å². The molecule has 0 aliphatic rings. The molecule has 0 saturated carbocycles. The lowest BCUT2D eigenvalue weighted by Gasteiger charge is -2.17. The van der Waals surface area contributed by atoms with Gasteiger partial charge in [0.1, 0.15) is 0 Å². The number of hydrogen-bond donors (Lipinski definition) is 1. The third-order valence-corrected chi connectivity index (χ3v) is 4.19. The molecule has 132 valence electrons. The number of carbonyl (C=O) groups excluding carboxylic acids is 2. The number of nitrogens with one attached hydrogen (secondary N) is 1. The van der Waals surface area contributed by atoms with Gasteiger partial charge in [-0.1, -0.05) is 35.4 Å². The van der Waals surface area contributed by atoms with E-state index < -0.39 is 12.1 Å². The smallest absolute Gasteiger partial charge is 0.339 e. The fourth-order valence-corrected chi connectivity index (χ4v) is 2.84. The Morgan fingerprint density at radius 3 is 2.08 bits per heavy atom. The first-order valence-corrected chi connectivity index (χ1v) is 8.36. The van der Waals surface area contributed by atoms with E-state index in [1.807, 2.05) is 58.9 Å². The Morgan fingerprint density at radius 2 is 1.48 bits per heavy atom. The van der Waals surface area contributed by atoms with Gasteiger partial charge in [0.15, 0.2) is 6.10 Å². The van der Waals surface area contributed by atoms with E-state index in [2.05, 4.69) is 5.32 Å². The molecule has 1 N–H and O–H groups in total. The minimum Gasteiger partial charge on any atom is -0.449 e. The highest BCUT2D eigenvalue weighted by molar-refractivity contribution is 5.98. The summed E-state index contributed by atoms with van der Waals surface area (Å²) in [7, 11) is 0. The Labute approximate surface area is 149 Å². The monoisotopic (exact) mass is 339 g/mol. The third kappa shape index (κ3) is 4.47. The van der Waals surface area contributed by atoms with E-state index in [-0.39, 0.29) is 5.91 Å². The molecule has 25 heavy (non-hydrogen) atoms. The molecule has 1 amide bonds. The summed E-state index contributed by atoms with van der Waals surface area (Å²) in [6, 6.07) is 9.60. The van der Waals surface area contributed by atoms with Gasteiger partial charge in [-0.25, -0.2) is 4.79 Å². The second kappa shape index (κ2) is 7.51. The minimum absolute atomic E-state index is 0.339. The first-order chi connectivity index (χ1) is 11.7. The topological polar surface area (TPSA) is 55.4 Å². The van der Waals surface area contributed by atoms with Crippen LogP contribution in [0.3, 0.4) is 0 Å². The molecule has 0 aliphatic carbocycles. The summed E-state index contributed by atoms with van der Waals surface area (Å²) >= 11 is 0. The van der Waals surface area contributed by atoms with E-state index in [1.165, 1.54) is 0 Å². The molecular weight excluding hydrogens is 314 g/mol. The van der Waals surface area contributed by atoms with Crippen molar-refractivity contribution in [1.82, 2.24) is 0 Å². The number of rotatable bonds is 4. The van der Waals surface area contributed by atoms with Crippen LogP contribution in [-0.4, -0.2) is 18.0 Å². The Morgan fingerprint density at radius 1 is 0.880 bits per heavy atom. The highest BCUT2D eigenvalue weighted by Gasteiger charge is 2.21. The van der Waals surface area contributed by atoms with Crippen LogP contribution in [0.1, 0.15) is 45.1 Å². The van der Waals surface area contributed by atoms with Gasteiger partial charge in [0.25, 0.3) is 5.91 Å². The molecule has 0 spiro atoms. The second-order valence-electron chi connectivity index (χ2n) is 6.63. The van der Waals surface area contributed by atoms with Crippen molar-refractivity contribution in [2.45, 2.75) is 47.6 Å². The van der Waals surface area contributed by atoms with Crippen molar-refractivity contribution in [3.63, 3.8) is 0 Å². The van der Waals surface area contributed by atoms with E-state index in [9.17, 15) is 9.59 Å². The highest BCUT2D eigenvalue weighted by Crippen LogP contribution is 2.22. The molecule has 0 bridgehead atoms. The molecule has 2 rings (SSSR count). The van der Waals surface area contributed by atoms with E-state index in [0.717, 1.165) is 33.5 Å². The van der Waals surface area contributed by atoms with Crippen molar-refractivity contribution in [2.75, 3.05) is 5.32 Å². The summed E-state index contributed by atoms with van der Waals surface area (Å²) < 4.78 is 5.36. The van der Waals surface area contributed by atoms with Crippen molar-refractivity contribution in [1.29, 1.82) is 0 Å². The van der Waals surface area contributed by atoms with Crippen LogP contribution in [-0.2, 0) is 9.53 Å². The second-order valence-corrected chi connectivity index (χ2v) is 6.63. The van der Waals surface area contributed by atoms with Crippen LogP contribution in [0.25, 0.3) is 0 Å². The van der Waals surface area contributed by atoms with Gasteiger partial charge in [-0.3, -0.25) is 4.79 Å². The number of carbonyl (C=O) groups is 2. The van der Waals surface area contributed by atoms with E-state index in [1.54, 1.807) is 13.0 Å². The molecule has 0 aliphatic heterocycles. The Hall–Kier alpha value is -2.62. The maximum atomic E-state index is 12.4. The normalized spacial score (nSPS) is 11.8. The molecule has 0 unspecified atom stereocenters. The molecule has 2 aromatic rings. The molecule has 2 aromatic carbocycles. The Balaban J connectivity index is 2.10. The quantitative estimate of drug-likeness (QED) is 0.839. The number of amides is 1. The van der Waals surface area contributed by atoms with Crippen molar-refractivity contribution < 1.29 is 14.3 Å². The van der Waals surface area contributed by atoms with Crippen molar-refractivity contribution in [3.05, 3.63) is 63.7 Å². The number of anilines is 1. The van der Waals surface area contributed by atoms with Crippen LogP contribution >= 0.6 is 0 Å². The highest BCUT2D eigenvalue weighted by atomic mass is 16.5. The molecular formula is C21H25NO3. The molecule has 0 fully saturated rings. The molecule has 1 atom stereocenters. The SMILES string of the molecule is Cc1cc(C)c(NC(=O)[C@@H](C)OC(=O)c2cc(C)ccc2C)c(C)c1. The minimum atomic E-state index is -0.882. The van der Waals surface area contributed by atoms with Crippen LogP contribution in [0.15, 0.2) is 30.3 Å². The van der Waals surface area contributed by atoms with Crippen molar-refractivity contribution in [2.24, 2.45) is 0 Å². The Kier molecular flexibility index (Phi) is 5.62. The first-order valence-electron chi connectivity index (χ1n) is 8.36. The molecule has 0 radical (unpaired) electrons. The van der Waals surface area contributed by atoms with Crippen LogP contribution in [0.2, 0.25) is 0 Å². The van der Waals surface area contributed by atoms with Gasteiger partial charge in [-0.05, 0) is 64.3 Å². The fraction of sp³-hybridized carbons (Fsp3) is 0.333. The van der Waals surface area contributed by atoms with Gasteiger partial charge in [0.2, 0.25) is 0 Å². The molecule has 0 saturated heterocycles. The van der Waals surface area contributed by atoms with Crippen LogP contribution in [0, 0.1) is 34.6 Å². The lowest BCUT2D eigenvalue weighted by Crippen LogP contribution is -2.30. The zero-order valence-corrected chi connectivity index (χ0v) is 15.7. The fourth-order valence-electron chi connectivity index (χ4n) is 2.84. The Bertz CT molecular complexity index is 801. The standard InChI is InChI=1S/C21H25NO3/c1-12-7-8-14(3)18(11-12)21(24)25-17(6)20(23)22-19-15(4)9-13(2)10-16(19)5/h7-11,17H,1-6H3,(H,22,23)/t17-/m1/s1. The maximum Gasteiger partial charge on any atom is 0.339 e.